The van der Waals surface area contributed by atoms with Gasteiger partial charge in [0.1, 0.15) is 0 Å². The molecule has 2 aromatic rings. The third kappa shape index (κ3) is 1.98. The summed E-state index contributed by atoms with van der Waals surface area (Å²) in [7, 11) is 0. The molecule has 5 heteroatoms. The van der Waals surface area contributed by atoms with Gasteiger partial charge in [0.25, 0.3) is 11.8 Å². The molecule has 0 radical (unpaired) electrons. The van der Waals surface area contributed by atoms with Crippen LogP contribution in [0, 0.1) is 0 Å². The van der Waals surface area contributed by atoms with Crippen LogP contribution in [0.25, 0.3) is 0 Å². The largest absolute Gasteiger partial charge is 0.312 e. The Kier molecular flexibility index (Phi) is 3.23. The summed E-state index contributed by atoms with van der Waals surface area (Å²) in [5.74, 6) is -0.483. The monoisotopic (exact) mass is 320 g/mol. The molecule has 0 saturated heterocycles. The van der Waals surface area contributed by atoms with E-state index in [4.69, 9.17) is 0 Å². The molecule has 0 aliphatic carbocycles. The van der Waals surface area contributed by atoms with Crippen molar-refractivity contribution in [1.29, 1.82) is 0 Å². The van der Waals surface area contributed by atoms with E-state index in [-0.39, 0.29) is 17.7 Å². The fourth-order valence-electron chi connectivity index (χ4n) is 3.46. The molecule has 0 N–H and O–H groups in total. The molecule has 4 rings (SSSR count). The number of amides is 3. The van der Waals surface area contributed by atoms with Crippen LogP contribution in [-0.2, 0) is 11.2 Å². The smallest absolute Gasteiger partial charge is 0.266 e. The summed E-state index contributed by atoms with van der Waals surface area (Å²) in [5, 5.41) is 0. The Balaban J connectivity index is 1.76. The third-order valence-corrected chi connectivity index (χ3v) is 4.63. The highest BCUT2D eigenvalue weighted by atomic mass is 16.2. The molecule has 0 atom stereocenters. The van der Waals surface area contributed by atoms with Crippen molar-refractivity contribution in [3.63, 3.8) is 0 Å². The van der Waals surface area contributed by atoms with E-state index in [9.17, 15) is 14.4 Å². The molecule has 2 aromatic carbocycles. The van der Waals surface area contributed by atoms with Gasteiger partial charge in [-0.3, -0.25) is 14.4 Å². The summed E-state index contributed by atoms with van der Waals surface area (Å²) in [6.45, 7) is 2.54. The van der Waals surface area contributed by atoms with Gasteiger partial charge in [-0.25, -0.2) is 4.90 Å². The lowest BCUT2D eigenvalue weighted by Crippen LogP contribution is -2.35. The van der Waals surface area contributed by atoms with E-state index >= 15 is 0 Å². The Labute approximate surface area is 139 Å². The maximum atomic E-state index is 12.6. The first-order valence-corrected chi connectivity index (χ1v) is 8.03. The van der Waals surface area contributed by atoms with Crippen molar-refractivity contribution < 1.29 is 14.4 Å². The van der Waals surface area contributed by atoms with E-state index in [1.165, 1.54) is 4.90 Å². The van der Waals surface area contributed by atoms with Crippen molar-refractivity contribution in [2.24, 2.45) is 0 Å². The molecule has 0 saturated carbocycles. The van der Waals surface area contributed by atoms with Crippen LogP contribution in [0.1, 0.15) is 39.6 Å². The van der Waals surface area contributed by atoms with Gasteiger partial charge < -0.3 is 4.90 Å². The first-order chi connectivity index (χ1) is 11.6. The molecular formula is C19H16N2O3. The van der Waals surface area contributed by atoms with E-state index < -0.39 is 0 Å². The van der Waals surface area contributed by atoms with Crippen LogP contribution in [0.15, 0.2) is 42.5 Å². The van der Waals surface area contributed by atoms with Gasteiger partial charge in [-0.05, 0) is 49.2 Å². The van der Waals surface area contributed by atoms with Gasteiger partial charge in [0.15, 0.2) is 0 Å². The lowest BCUT2D eigenvalue weighted by atomic mass is 10.00. The molecule has 2 aliphatic heterocycles. The number of carbonyl (C=O) groups is 3. The molecule has 0 unspecified atom stereocenters. The Morgan fingerprint density at radius 1 is 0.917 bits per heavy atom. The average Bonchev–Trinajstić information content (AvgIpc) is 2.86. The number of hydrogen-bond donors (Lipinski definition) is 0. The summed E-state index contributed by atoms with van der Waals surface area (Å²) in [6, 6.07) is 12.3. The van der Waals surface area contributed by atoms with Gasteiger partial charge in [0, 0.05) is 18.7 Å². The molecule has 3 amide bonds. The number of rotatable bonds is 2. The van der Waals surface area contributed by atoms with Gasteiger partial charge in [0.2, 0.25) is 5.91 Å². The summed E-state index contributed by atoms with van der Waals surface area (Å²) >= 11 is 0. The number of fused-ring (bicyclic) bond motifs is 2. The molecule has 120 valence electrons. The predicted molar refractivity (Wildman–Crippen MR) is 90.4 cm³/mol. The van der Waals surface area contributed by atoms with Crippen LogP contribution in [0.3, 0.4) is 0 Å². The molecule has 2 aliphatic rings. The quantitative estimate of drug-likeness (QED) is 0.800. The summed E-state index contributed by atoms with van der Waals surface area (Å²) in [5.41, 5.74) is 3.29. The zero-order valence-corrected chi connectivity index (χ0v) is 13.3. The van der Waals surface area contributed by atoms with Crippen molar-refractivity contribution in [1.82, 2.24) is 0 Å². The number of anilines is 2. The predicted octanol–water partition coefficient (Wildman–Crippen LogP) is 2.79. The lowest BCUT2D eigenvalue weighted by Gasteiger charge is -2.29. The topological polar surface area (TPSA) is 57.7 Å². The minimum Gasteiger partial charge on any atom is -0.312 e. The minimum absolute atomic E-state index is 0.110. The summed E-state index contributed by atoms with van der Waals surface area (Å²) in [4.78, 5) is 40.1. The standard InChI is InChI=1S/C19H16N2O3/c1-2-20-16-9-8-13(11-12(16)7-10-17(20)22)21-18(23)14-5-3-4-6-15(14)19(21)24/h3-6,8-9,11H,2,7,10H2,1H3. The normalized spacial score (nSPS) is 16.5. The molecule has 0 aromatic heterocycles. The maximum absolute atomic E-state index is 12.6. The van der Waals surface area contributed by atoms with Crippen LogP contribution in [0.2, 0.25) is 0 Å². The molecule has 2 heterocycles. The van der Waals surface area contributed by atoms with E-state index in [1.54, 1.807) is 35.2 Å². The van der Waals surface area contributed by atoms with Crippen molar-refractivity contribution in [2.75, 3.05) is 16.3 Å². The van der Waals surface area contributed by atoms with Gasteiger partial charge in [0.05, 0.1) is 16.8 Å². The second-order valence-electron chi connectivity index (χ2n) is 5.94. The van der Waals surface area contributed by atoms with Crippen molar-refractivity contribution in [3.05, 3.63) is 59.2 Å². The fourth-order valence-corrected chi connectivity index (χ4v) is 3.46. The van der Waals surface area contributed by atoms with E-state index in [2.05, 4.69) is 0 Å². The number of hydrogen-bond acceptors (Lipinski definition) is 3. The van der Waals surface area contributed by atoms with Gasteiger partial charge in [-0.1, -0.05) is 12.1 Å². The van der Waals surface area contributed by atoms with Crippen LogP contribution in [-0.4, -0.2) is 24.3 Å². The third-order valence-electron chi connectivity index (χ3n) is 4.63. The van der Waals surface area contributed by atoms with Crippen molar-refractivity contribution >= 4 is 29.1 Å². The van der Waals surface area contributed by atoms with Crippen LogP contribution in [0.4, 0.5) is 11.4 Å². The Morgan fingerprint density at radius 2 is 1.58 bits per heavy atom. The van der Waals surface area contributed by atoms with E-state index in [0.29, 0.717) is 36.2 Å². The van der Waals surface area contributed by atoms with Crippen LogP contribution in [0.5, 0.6) is 0 Å². The SMILES string of the molecule is CCN1C(=O)CCc2cc(N3C(=O)c4ccccc4C3=O)ccc21. The van der Waals surface area contributed by atoms with Gasteiger partial charge in [-0.15, -0.1) is 0 Å². The fraction of sp³-hybridized carbons (Fsp3) is 0.211. The van der Waals surface area contributed by atoms with Crippen LogP contribution >= 0.6 is 0 Å². The average molecular weight is 320 g/mol. The minimum atomic E-state index is -0.296. The van der Waals surface area contributed by atoms with Gasteiger partial charge in [-0.2, -0.15) is 0 Å². The Bertz CT molecular complexity index is 853. The second kappa shape index (κ2) is 5.30. The van der Waals surface area contributed by atoms with Gasteiger partial charge >= 0.3 is 0 Å². The van der Waals surface area contributed by atoms with E-state index in [0.717, 1.165) is 11.3 Å². The summed E-state index contributed by atoms with van der Waals surface area (Å²) in [6.07, 6.45) is 1.08. The number of nitrogens with zero attached hydrogens (tertiary/aromatic N) is 2. The highest BCUT2D eigenvalue weighted by molar-refractivity contribution is 6.34. The van der Waals surface area contributed by atoms with Crippen LogP contribution < -0.4 is 9.80 Å². The molecule has 5 nitrogen and oxygen atoms in total. The molecule has 0 fully saturated rings. The van der Waals surface area contributed by atoms with E-state index in [1.807, 2.05) is 19.1 Å². The Hall–Kier alpha value is -2.95. The second-order valence-corrected chi connectivity index (χ2v) is 5.94. The zero-order valence-electron chi connectivity index (χ0n) is 13.3. The molecule has 0 spiro atoms. The van der Waals surface area contributed by atoms with Crippen molar-refractivity contribution in [2.45, 2.75) is 19.8 Å². The first kappa shape index (κ1) is 14.6. The first-order valence-electron chi connectivity index (χ1n) is 8.03. The zero-order chi connectivity index (χ0) is 16.8. The highest BCUT2D eigenvalue weighted by Crippen LogP contribution is 2.34. The molecular weight excluding hydrogens is 304 g/mol. The number of aryl methyl sites for hydroxylation is 1. The molecule has 24 heavy (non-hydrogen) atoms. The summed E-state index contributed by atoms with van der Waals surface area (Å²) < 4.78 is 0. The van der Waals surface area contributed by atoms with Crippen molar-refractivity contribution in [3.8, 4) is 0 Å². The number of carbonyl (C=O) groups excluding carboxylic acids is 3. The number of imide groups is 1. The maximum Gasteiger partial charge on any atom is 0.266 e. The Morgan fingerprint density at radius 3 is 2.21 bits per heavy atom. The lowest BCUT2D eigenvalue weighted by molar-refractivity contribution is -0.118. The molecule has 0 bridgehead atoms. The number of benzene rings is 2. The highest BCUT2D eigenvalue weighted by Gasteiger charge is 2.36.